The van der Waals surface area contributed by atoms with E-state index >= 15 is 0 Å². The minimum absolute atomic E-state index is 0.282. The number of carbonyl (C=O) groups excluding carboxylic acids is 4. The number of nitrogens with one attached hydrogen (secondary N) is 1. The van der Waals surface area contributed by atoms with Crippen LogP contribution in [0.15, 0.2) is 39.5 Å². The molecule has 0 unspecified atom stereocenters. The summed E-state index contributed by atoms with van der Waals surface area (Å²) in [6.45, 7) is 4.39. The molecule has 1 aliphatic heterocycles. The van der Waals surface area contributed by atoms with Crippen molar-refractivity contribution < 1.29 is 47.3 Å². The SMILES string of the molecule is CC(=O)N[C@@H]1[C@H](Oc2cc3sc(=O)oc3c3ccccc23)O[C@H](COC(C)=O)[C@H](OC(C)=O)[C@H]1OC(C)=O. The van der Waals surface area contributed by atoms with Gasteiger partial charge in [-0.15, -0.1) is 0 Å². The third-order valence-corrected chi connectivity index (χ3v) is 6.39. The monoisotopic (exact) mass is 547 g/mol. The van der Waals surface area contributed by atoms with Crippen molar-refractivity contribution in [2.75, 3.05) is 6.61 Å². The number of hydrogen-bond acceptors (Lipinski definition) is 12. The summed E-state index contributed by atoms with van der Waals surface area (Å²) < 4.78 is 34.2. The van der Waals surface area contributed by atoms with Crippen molar-refractivity contribution in [1.82, 2.24) is 5.32 Å². The van der Waals surface area contributed by atoms with E-state index in [-0.39, 0.29) is 12.4 Å². The van der Waals surface area contributed by atoms with Crippen molar-refractivity contribution in [3.63, 3.8) is 0 Å². The fourth-order valence-corrected chi connectivity index (χ4v) is 4.99. The van der Waals surface area contributed by atoms with Crippen LogP contribution >= 0.6 is 11.3 Å². The van der Waals surface area contributed by atoms with Crippen LogP contribution in [-0.2, 0) is 38.1 Å². The first-order valence-corrected chi connectivity index (χ1v) is 12.4. The first kappa shape index (κ1) is 27.1. The summed E-state index contributed by atoms with van der Waals surface area (Å²) in [5.41, 5.74) is 0.395. The second-order valence-corrected chi connectivity index (χ2v) is 9.52. The van der Waals surface area contributed by atoms with Gasteiger partial charge in [0.25, 0.3) is 0 Å². The molecular formula is C25H25NO11S. The number of amides is 1. The van der Waals surface area contributed by atoms with Gasteiger partial charge < -0.3 is 33.4 Å². The Labute approximate surface area is 219 Å². The lowest BCUT2D eigenvalue weighted by atomic mass is 9.96. The van der Waals surface area contributed by atoms with Crippen molar-refractivity contribution in [2.45, 2.75) is 58.3 Å². The number of rotatable bonds is 7. The molecule has 1 aromatic heterocycles. The molecule has 5 atom stereocenters. The smallest absolute Gasteiger partial charge is 0.396 e. The maximum atomic E-state index is 12.2. The Morgan fingerprint density at radius 2 is 1.61 bits per heavy atom. The second-order valence-electron chi connectivity index (χ2n) is 8.54. The van der Waals surface area contributed by atoms with E-state index in [0.717, 1.165) is 25.2 Å². The van der Waals surface area contributed by atoms with Crippen LogP contribution in [0.2, 0.25) is 0 Å². The van der Waals surface area contributed by atoms with Crippen LogP contribution in [0.25, 0.3) is 21.1 Å². The summed E-state index contributed by atoms with van der Waals surface area (Å²) >= 11 is 0.886. The minimum atomic E-state index is -1.31. The van der Waals surface area contributed by atoms with Crippen molar-refractivity contribution in [3.8, 4) is 5.75 Å². The molecule has 2 heterocycles. The molecule has 38 heavy (non-hydrogen) atoms. The molecule has 12 nitrogen and oxygen atoms in total. The number of fused-ring (bicyclic) bond motifs is 3. The first-order valence-electron chi connectivity index (χ1n) is 11.6. The standard InChI is InChI=1S/C25H25NO11S/c1-11(27)26-20-23(34-14(4)30)22(33-13(3)29)18(10-32-12(2)28)36-24(20)35-17-9-19-21(37-25(31)38-19)16-8-6-5-7-15(16)17/h5-9,18,20,22-24H,10H2,1-4H3,(H,26,27)/t18-,20+,22+,23+,24-/m1/s1. The van der Waals surface area contributed by atoms with Crippen LogP contribution in [-0.4, -0.2) is 61.1 Å². The van der Waals surface area contributed by atoms with Crippen LogP contribution in [0.1, 0.15) is 27.7 Å². The fourth-order valence-electron chi connectivity index (χ4n) is 4.28. The quantitative estimate of drug-likeness (QED) is 0.341. The Morgan fingerprint density at radius 3 is 2.24 bits per heavy atom. The van der Waals surface area contributed by atoms with E-state index in [1.165, 1.54) is 13.8 Å². The molecule has 0 bridgehead atoms. The van der Waals surface area contributed by atoms with E-state index in [1.54, 1.807) is 30.3 Å². The van der Waals surface area contributed by atoms with E-state index in [2.05, 4.69) is 5.32 Å². The van der Waals surface area contributed by atoms with Gasteiger partial charge in [0.15, 0.2) is 17.8 Å². The molecule has 3 aromatic rings. The van der Waals surface area contributed by atoms with Gasteiger partial charge in [-0.2, -0.15) is 0 Å². The van der Waals surface area contributed by atoms with Crippen molar-refractivity contribution >= 4 is 56.2 Å². The van der Waals surface area contributed by atoms with Gasteiger partial charge in [0.2, 0.25) is 12.2 Å². The summed E-state index contributed by atoms with van der Waals surface area (Å²) in [5, 5.41) is 3.84. The predicted octanol–water partition coefficient (Wildman–Crippen LogP) is 2.04. The van der Waals surface area contributed by atoms with E-state index in [9.17, 15) is 24.0 Å². The molecule has 0 spiro atoms. The molecule has 13 heteroatoms. The van der Waals surface area contributed by atoms with Gasteiger partial charge in [0.1, 0.15) is 24.5 Å². The highest BCUT2D eigenvalue weighted by Crippen LogP contribution is 2.37. The normalized spacial score (nSPS) is 23.0. The van der Waals surface area contributed by atoms with Crippen molar-refractivity contribution in [3.05, 3.63) is 40.1 Å². The lowest BCUT2D eigenvalue weighted by Gasteiger charge is -2.44. The van der Waals surface area contributed by atoms with Crippen LogP contribution in [0.3, 0.4) is 0 Å². The van der Waals surface area contributed by atoms with E-state index in [0.29, 0.717) is 21.1 Å². The Morgan fingerprint density at radius 1 is 0.947 bits per heavy atom. The largest absolute Gasteiger partial charge is 0.463 e. The predicted molar refractivity (Wildman–Crippen MR) is 133 cm³/mol. The third kappa shape index (κ3) is 5.94. The Balaban J connectivity index is 1.81. The molecule has 0 radical (unpaired) electrons. The maximum Gasteiger partial charge on any atom is 0.396 e. The molecule has 0 saturated carbocycles. The van der Waals surface area contributed by atoms with Crippen LogP contribution < -0.4 is 15.0 Å². The van der Waals surface area contributed by atoms with Gasteiger partial charge >= 0.3 is 22.8 Å². The lowest BCUT2D eigenvalue weighted by Crippen LogP contribution is -2.67. The second kappa shape index (κ2) is 11.2. The molecular weight excluding hydrogens is 522 g/mol. The average molecular weight is 548 g/mol. The van der Waals surface area contributed by atoms with Gasteiger partial charge in [-0.25, -0.2) is 4.79 Å². The van der Waals surface area contributed by atoms with E-state index < -0.39 is 59.4 Å². The van der Waals surface area contributed by atoms with Crippen LogP contribution in [0, 0.1) is 0 Å². The highest BCUT2D eigenvalue weighted by Gasteiger charge is 2.52. The summed E-state index contributed by atoms with van der Waals surface area (Å²) in [6, 6.07) is 7.50. The first-order chi connectivity index (χ1) is 18.0. The summed E-state index contributed by atoms with van der Waals surface area (Å²) in [7, 11) is 0. The summed E-state index contributed by atoms with van der Waals surface area (Å²) in [6.07, 6.45) is -4.94. The average Bonchev–Trinajstić information content (AvgIpc) is 3.21. The summed E-state index contributed by atoms with van der Waals surface area (Å²) in [4.78, 5) is 59.1. The van der Waals surface area contributed by atoms with Crippen LogP contribution in [0.4, 0.5) is 0 Å². The molecule has 1 amide bonds. The zero-order valence-corrected chi connectivity index (χ0v) is 21.7. The fraction of sp³-hybridized carbons (Fsp3) is 0.400. The van der Waals surface area contributed by atoms with Gasteiger partial charge in [-0.05, 0) is 0 Å². The van der Waals surface area contributed by atoms with E-state index in [4.69, 9.17) is 28.1 Å². The third-order valence-electron chi connectivity index (χ3n) is 5.62. The zero-order chi connectivity index (χ0) is 27.6. The minimum Gasteiger partial charge on any atom is -0.463 e. The molecule has 1 N–H and O–H groups in total. The molecule has 202 valence electrons. The topological polar surface area (TPSA) is 157 Å². The highest BCUT2D eigenvalue weighted by molar-refractivity contribution is 7.16. The highest BCUT2D eigenvalue weighted by atomic mass is 32.1. The number of hydrogen-bond donors (Lipinski definition) is 1. The molecule has 0 aliphatic carbocycles. The molecule has 2 aromatic carbocycles. The van der Waals surface area contributed by atoms with Crippen molar-refractivity contribution in [2.24, 2.45) is 0 Å². The lowest BCUT2D eigenvalue weighted by molar-refractivity contribution is -0.256. The zero-order valence-electron chi connectivity index (χ0n) is 20.9. The van der Waals surface area contributed by atoms with Gasteiger partial charge in [0.05, 0.1) is 4.70 Å². The molecule has 1 fully saturated rings. The number of ether oxygens (including phenoxy) is 5. The Bertz CT molecular complexity index is 1440. The molecule has 4 rings (SSSR count). The summed E-state index contributed by atoms with van der Waals surface area (Å²) in [5.74, 6) is -2.27. The van der Waals surface area contributed by atoms with Gasteiger partial charge in [0, 0.05) is 44.5 Å². The maximum absolute atomic E-state index is 12.2. The number of benzene rings is 2. The van der Waals surface area contributed by atoms with Crippen molar-refractivity contribution in [1.29, 1.82) is 0 Å². The Kier molecular flexibility index (Phi) is 7.97. The van der Waals surface area contributed by atoms with E-state index in [1.807, 2.05) is 0 Å². The molecule has 1 aliphatic rings. The van der Waals surface area contributed by atoms with Gasteiger partial charge in [-0.3, -0.25) is 19.2 Å². The van der Waals surface area contributed by atoms with Gasteiger partial charge in [-0.1, -0.05) is 35.6 Å². The van der Waals surface area contributed by atoms with Crippen LogP contribution in [0.5, 0.6) is 5.75 Å². The Hall–Kier alpha value is -3.97. The number of carbonyl (C=O) groups is 4. The molecule has 1 saturated heterocycles. The number of esters is 3.